The van der Waals surface area contributed by atoms with E-state index in [0.717, 1.165) is 6.42 Å². The maximum atomic E-state index is 13.9. The molecule has 0 bridgehead atoms. The Hall–Kier alpha value is -1.21. The van der Waals surface area contributed by atoms with Crippen molar-refractivity contribution in [2.75, 3.05) is 6.54 Å². The van der Waals surface area contributed by atoms with Gasteiger partial charge in [-0.3, -0.25) is 4.79 Å². The summed E-state index contributed by atoms with van der Waals surface area (Å²) in [7, 11) is 0.540. The first-order valence-corrected chi connectivity index (χ1v) is 8.23. The van der Waals surface area contributed by atoms with Crippen molar-refractivity contribution in [1.82, 2.24) is 5.32 Å². The van der Waals surface area contributed by atoms with E-state index in [4.69, 9.17) is 10.7 Å². The molecule has 1 saturated carbocycles. The molecule has 8 heteroatoms. The maximum Gasteiger partial charge on any atom is 0.264 e. The van der Waals surface area contributed by atoms with Gasteiger partial charge in [0.1, 0.15) is 10.7 Å². The first-order chi connectivity index (χ1) is 9.20. The standard InChI is InChI=1S/C12H12ClF2NO3S/c1-6-2-7(6)5-16-12(17)9-3-8(14)4-10(11(9)15)20(13,18)19/h3-4,6-7H,2,5H2,1H3,(H,16,17). The van der Waals surface area contributed by atoms with Gasteiger partial charge in [-0.2, -0.15) is 0 Å². The number of carbonyl (C=O) groups is 1. The van der Waals surface area contributed by atoms with Crippen molar-refractivity contribution in [3.63, 3.8) is 0 Å². The average molecular weight is 324 g/mol. The van der Waals surface area contributed by atoms with Crippen LogP contribution in [0.5, 0.6) is 0 Å². The Kier molecular flexibility index (Phi) is 4.02. The van der Waals surface area contributed by atoms with Gasteiger partial charge in [0, 0.05) is 17.2 Å². The number of halogens is 3. The third-order valence-corrected chi connectivity index (χ3v) is 4.63. The van der Waals surface area contributed by atoms with Crippen LogP contribution in [-0.2, 0) is 9.05 Å². The summed E-state index contributed by atoms with van der Waals surface area (Å²) in [4.78, 5) is 10.7. The number of rotatable bonds is 4. The lowest BCUT2D eigenvalue weighted by atomic mass is 10.2. The van der Waals surface area contributed by atoms with Crippen LogP contribution in [0.4, 0.5) is 8.78 Å². The fourth-order valence-corrected chi connectivity index (χ4v) is 2.82. The molecule has 1 aliphatic rings. The second-order valence-corrected chi connectivity index (χ2v) is 7.42. The third-order valence-electron chi connectivity index (χ3n) is 3.31. The molecule has 1 aliphatic carbocycles. The van der Waals surface area contributed by atoms with Gasteiger partial charge < -0.3 is 5.32 Å². The lowest BCUT2D eigenvalue weighted by Crippen LogP contribution is -2.27. The van der Waals surface area contributed by atoms with Crippen LogP contribution in [0, 0.1) is 23.5 Å². The van der Waals surface area contributed by atoms with E-state index in [1.165, 1.54) is 0 Å². The van der Waals surface area contributed by atoms with Crippen LogP contribution < -0.4 is 5.32 Å². The molecule has 1 amide bonds. The van der Waals surface area contributed by atoms with Crippen LogP contribution in [-0.4, -0.2) is 20.9 Å². The summed E-state index contributed by atoms with van der Waals surface area (Å²) in [5.74, 6) is -2.43. The van der Waals surface area contributed by atoms with Crippen molar-refractivity contribution < 1.29 is 22.0 Å². The molecule has 1 fully saturated rings. The van der Waals surface area contributed by atoms with Crippen molar-refractivity contribution in [1.29, 1.82) is 0 Å². The summed E-state index contributed by atoms with van der Waals surface area (Å²) in [6.45, 7) is 2.36. The fraction of sp³-hybridized carbons (Fsp3) is 0.417. The minimum absolute atomic E-state index is 0.326. The largest absolute Gasteiger partial charge is 0.352 e. The molecule has 4 nitrogen and oxygen atoms in total. The molecule has 2 rings (SSSR count). The highest BCUT2D eigenvalue weighted by molar-refractivity contribution is 8.13. The first kappa shape index (κ1) is 15.2. The number of carbonyl (C=O) groups excluding carboxylic acids is 1. The summed E-state index contributed by atoms with van der Waals surface area (Å²) >= 11 is 0. The minimum atomic E-state index is -4.46. The molecule has 1 N–H and O–H groups in total. The normalized spacial score (nSPS) is 21.6. The van der Waals surface area contributed by atoms with Crippen LogP contribution in [0.2, 0.25) is 0 Å². The number of amides is 1. The van der Waals surface area contributed by atoms with Gasteiger partial charge in [0.25, 0.3) is 15.0 Å². The summed E-state index contributed by atoms with van der Waals surface area (Å²) in [6.07, 6.45) is 0.965. The van der Waals surface area contributed by atoms with Crippen LogP contribution in [0.25, 0.3) is 0 Å². The summed E-state index contributed by atoms with van der Waals surface area (Å²) in [5.41, 5.74) is -0.669. The van der Waals surface area contributed by atoms with Crippen LogP contribution >= 0.6 is 10.7 Å². The SMILES string of the molecule is CC1CC1CNC(=O)c1cc(F)cc(S(=O)(=O)Cl)c1F. The smallest absolute Gasteiger partial charge is 0.264 e. The molecule has 110 valence electrons. The van der Waals surface area contributed by atoms with Crippen molar-refractivity contribution in [3.8, 4) is 0 Å². The molecule has 0 heterocycles. The number of hydrogen-bond acceptors (Lipinski definition) is 3. The highest BCUT2D eigenvalue weighted by atomic mass is 35.7. The lowest BCUT2D eigenvalue weighted by Gasteiger charge is -2.08. The molecule has 0 saturated heterocycles. The first-order valence-electron chi connectivity index (χ1n) is 5.92. The van der Waals surface area contributed by atoms with Crippen molar-refractivity contribution in [2.45, 2.75) is 18.2 Å². The second kappa shape index (κ2) is 5.29. The molecule has 0 radical (unpaired) electrons. The second-order valence-electron chi connectivity index (χ2n) is 4.89. The molecule has 0 aliphatic heterocycles. The quantitative estimate of drug-likeness (QED) is 0.865. The maximum absolute atomic E-state index is 13.9. The van der Waals surface area contributed by atoms with Crippen LogP contribution in [0.1, 0.15) is 23.7 Å². The Balaban J connectivity index is 2.26. The Morgan fingerprint density at radius 1 is 1.45 bits per heavy atom. The number of hydrogen-bond donors (Lipinski definition) is 1. The van der Waals surface area contributed by atoms with Crippen molar-refractivity contribution in [3.05, 3.63) is 29.3 Å². The Labute approximate surface area is 119 Å². The molecule has 2 unspecified atom stereocenters. The van der Waals surface area contributed by atoms with Crippen LogP contribution in [0.15, 0.2) is 17.0 Å². The molecule has 20 heavy (non-hydrogen) atoms. The molecule has 0 spiro atoms. The van der Waals surface area contributed by atoms with Crippen molar-refractivity contribution in [2.24, 2.45) is 11.8 Å². The molecule has 1 aromatic carbocycles. The van der Waals surface area contributed by atoms with E-state index in [2.05, 4.69) is 5.32 Å². The fourth-order valence-electron chi connectivity index (χ4n) is 1.91. The topological polar surface area (TPSA) is 63.2 Å². The van der Waals surface area contributed by atoms with E-state index in [1.54, 1.807) is 0 Å². The molecule has 2 atom stereocenters. The summed E-state index contributed by atoms with van der Waals surface area (Å²) in [6, 6.07) is 1.09. The van der Waals surface area contributed by atoms with Gasteiger partial charge in [-0.05, 0) is 30.4 Å². The Morgan fingerprint density at radius 3 is 2.55 bits per heavy atom. The predicted octanol–water partition coefficient (Wildman–Crippen LogP) is 2.28. The van der Waals surface area contributed by atoms with Gasteiger partial charge in [-0.15, -0.1) is 0 Å². The summed E-state index contributed by atoms with van der Waals surface area (Å²) in [5, 5.41) is 2.45. The predicted molar refractivity (Wildman–Crippen MR) is 69.0 cm³/mol. The van der Waals surface area contributed by atoms with Gasteiger partial charge in [-0.1, -0.05) is 6.92 Å². The van der Waals surface area contributed by atoms with Crippen LogP contribution in [0.3, 0.4) is 0 Å². The van der Waals surface area contributed by atoms with E-state index in [1.807, 2.05) is 6.92 Å². The number of nitrogens with one attached hydrogen (secondary N) is 1. The molecular weight excluding hydrogens is 312 g/mol. The molecular formula is C12H12ClF2NO3S. The van der Waals surface area contributed by atoms with Gasteiger partial charge >= 0.3 is 0 Å². The van der Waals surface area contributed by atoms with E-state index in [9.17, 15) is 22.0 Å². The Bertz CT molecular complexity index is 663. The van der Waals surface area contributed by atoms with Gasteiger partial charge in [0.05, 0.1) is 5.56 Å². The van der Waals surface area contributed by atoms with Gasteiger partial charge in [0.2, 0.25) is 0 Å². The van der Waals surface area contributed by atoms with Gasteiger partial charge in [-0.25, -0.2) is 17.2 Å². The summed E-state index contributed by atoms with van der Waals surface area (Å²) < 4.78 is 49.5. The minimum Gasteiger partial charge on any atom is -0.352 e. The zero-order valence-electron chi connectivity index (χ0n) is 10.5. The average Bonchev–Trinajstić information content (AvgIpc) is 3.03. The van der Waals surface area contributed by atoms with E-state index in [-0.39, 0.29) is 0 Å². The highest BCUT2D eigenvalue weighted by Gasteiger charge is 2.33. The van der Waals surface area contributed by atoms with Crippen molar-refractivity contribution >= 4 is 25.6 Å². The van der Waals surface area contributed by atoms with Gasteiger partial charge in [0.15, 0.2) is 5.82 Å². The van der Waals surface area contributed by atoms with E-state index < -0.39 is 37.1 Å². The Morgan fingerprint density at radius 2 is 2.05 bits per heavy atom. The zero-order chi connectivity index (χ0) is 15.1. The molecule has 1 aromatic rings. The van der Waals surface area contributed by atoms with E-state index in [0.29, 0.717) is 30.5 Å². The lowest BCUT2D eigenvalue weighted by molar-refractivity contribution is 0.0946. The monoisotopic (exact) mass is 323 g/mol. The highest BCUT2D eigenvalue weighted by Crippen LogP contribution is 2.36. The van der Waals surface area contributed by atoms with E-state index >= 15 is 0 Å². The number of benzene rings is 1. The zero-order valence-corrected chi connectivity index (χ0v) is 12.1. The molecule has 0 aromatic heterocycles. The third kappa shape index (κ3) is 3.27.